The summed E-state index contributed by atoms with van der Waals surface area (Å²) in [5.74, 6) is 0.724. The lowest BCUT2D eigenvalue weighted by molar-refractivity contribution is 1.03. The van der Waals surface area contributed by atoms with E-state index in [9.17, 15) is 0 Å². The van der Waals surface area contributed by atoms with Gasteiger partial charge in [0.15, 0.2) is 5.82 Å². The Hall–Kier alpha value is -7.25. The Morgan fingerprint density at radius 1 is 0.467 bits per heavy atom. The molecule has 0 aliphatic carbocycles. The molecule has 8 aromatic carbocycles. The molecule has 0 radical (unpaired) electrons. The van der Waals surface area contributed by atoms with E-state index < -0.39 is 0 Å². The molecule has 280 valence electrons. The minimum Gasteiger partial charge on any atom is -0.295 e. The van der Waals surface area contributed by atoms with E-state index in [0.29, 0.717) is 0 Å². The smallest absolute Gasteiger partial charge is 0.160 e. The van der Waals surface area contributed by atoms with Crippen molar-refractivity contribution in [2.24, 2.45) is 0 Å². The first-order chi connectivity index (χ1) is 29.8. The van der Waals surface area contributed by atoms with E-state index in [2.05, 4.69) is 203 Å². The van der Waals surface area contributed by atoms with Crippen molar-refractivity contribution in [3.8, 4) is 56.3 Å². The molecule has 0 unspecified atom stereocenters. The lowest BCUT2D eigenvalue weighted by Crippen LogP contribution is -2.06. The SMILES string of the molecule is c1ccc(-c2cccc(-c3nc(-c4ccc(-c5cccc6c5Sc5cccc7c8c9ccccc9n(-c9ccccc9)c8n-6c57)cc4)nc4c3sc3ccccc34)c2)cc1. The number of hydrogen-bond acceptors (Lipinski definition) is 4. The quantitative estimate of drug-likeness (QED) is 0.174. The molecule has 6 heteroatoms. The van der Waals surface area contributed by atoms with Gasteiger partial charge in [-0.15, -0.1) is 11.3 Å². The highest BCUT2D eigenvalue weighted by atomic mass is 32.2. The molecule has 0 atom stereocenters. The Morgan fingerprint density at radius 2 is 1.15 bits per heavy atom. The van der Waals surface area contributed by atoms with Crippen molar-refractivity contribution >= 4 is 76.2 Å². The maximum Gasteiger partial charge on any atom is 0.160 e. The van der Waals surface area contributed by atoms with Crippen LogP contribution in [0.1, 0.15) is 0 Å². The third-order valence-electron chi connectivity index (χ3n) is 11.9. The number of rotatable bonds is 5. The van der Waals surface area contributed by atoms with Gasteiger partial charge in [-0.3, -0.25) is 9.13 Å². The Morgan fingerprint density at radius 3 is 2.02 bits per heavy atom. The Balaban J connectivity index is 0.968. The summed E-state index contributed by atoms with van der Waals surface area (Å²) >= 11 is 3.64. The van der Waals surface area contributed by atoms with Gasteiger partial charge >= 0.3 is 0 Å². The summed E-state index contributed by atoms with van der Waals surface area (Å²) in [4.78, 5) is 13.1. The highest BCUT2D eigenvalue weighted by Gasteiger charge is 2.29. The van der Waals surface area contributed by atoms with Crippen molar-refractivity contribution in [1.29, 1.82) is 0 Å². The number of para-hydroxylation sites is 3. The number of nitrogens with zero attached hydrogens (tertiary/aromatic N) is 4. The van der Waals surface area contributed by atoms with E-state index in [4.69, 9.17) is 9.97 Å². The first kappa shape index (κ1) is 33.7. The Kier molecular flexibility index (Phi) is 7.37. The number of fused-ring (bicyclic) bond motifs is 10. The van der Waals surface area contributed by atoms with Gasteiger partial charge in [0.05, 0.1) is 32.6 Å². The van der Waals surface area contributed by atoms with Gasteiger partial charge in [-0.2, -0.15) is 0 Å². The topological polar surface area (TPSA) is 35.6 Å². The molecule has 13 rings (SSSR count). The fourth-order valence-corrected chi connectivity index (χ4v) is 11.6. The van der Waals surface area contributed by atoms with Crippen LogP contribution in [0, 0.1) is 0 Å². The van der Waals surface area contributed by atoms with Crippen LogP contribution < -0.4 is 0 Å². The first-order valence-corrected chi connectivity index (χ1v) is 21.8. The molecule has 1 aliphatic rings. The molecule has 0 saturated heterocycles. The zero-order valence-corrected chi connectivity index (χ0v) is 33.7. The number of benzene rings is 8. The lowest BCUT2D eigenvalue weighted by Gasteiger charge is -2.23. The minimum absolute atomic E-state index is 0.724. The predicted octanol–water partition coefficient (Wildman–Crippen LogP) is 15.0. The number of aromatic nitrogens is 4. The fraction of sp³-hybridized carbons (Fsp3) is 0. The highest BCUT2D eigenvalue weighted by Crippen LogP contribution is 2.52. The van der Waals surface area contributed by atoms with Gasteiger partial charge in [-0.25, -0.2) is 9.97 Å². The second-order valence-corrected chi connectivity index (χ2v) is 17.4. The Bertz CT molecular complexity index is 3670. The van der Waals surface area contributed by atoms with E-state index in [1.54, 1.807) is 11.3 Å². The molecule has 1 aliphatic heterocycles. The van der Waals surface area contributed by atoms with Gasteiger partial charge in [0.25, 0.3) is 0 Å². The molecule has 0 amide bonds. The molecule has 0 spiro atoms. The lowest BCUT2D eigenvalue weighted by atomic mass is 10.0. The first-order valence-electron chi connectivity index (χ1n) is 20.2. The zero-order valence-electron chi connectivity index (χ0n) is 32.1. The second kappa shape index (κ2) is 13.1. The van der Waals surface area contributed by atoms with Gasteiger partial charge in [0.1, 0.15) is 5.65 Å². The molecule has 0 saturated carbocycles. The molecule has 12 aromatic rings. The van der Waals surface area contributed by atoms with E-state index >= 15 is 0 Å². The largest absolute Gasteiger partial charge is 0.295 e. The normalized spacial score (nSPS) is 12.3. The second-order valence-electron chi connectivity index (χ2n) is 15.3. The monoisotopic (exact) mass is 800 g/mol. The molecule has 0 bridgehead atoms. The van der Waals surface area contributed by atoms with Gasteiger partial charge in [0, 0.05) is 52.9 Å². The van der Waals surface area contributed by atoms with Crippen molar-refractivity contribution in [3.05, 3.63) is 194 Å². The van der Waals surface area contributed by atoms with Crippen LogP contribution >= 0.6 is 23.1 Å². The molecule has 4 aromatic heterocycles. The molecular formula is C54H32N4S2. The van der Waals surface area contributed by atoms with Crippen molar-refractivity contribution in [3.63, 3.8) is 0 Å². The van der Waals surface area contributed by atoms with Crippen LogP contribution in [-0.4, -0.2) is 19.1 Å². The molecular weight excluding hydrogens is 769 g/mol. The molecule has 0 fully saturated rings. The Labute approximate surface area is 353 Å². The molecule has 0 N–H and O–H groups in total. The maximum atomic E-state index is 5.35. The van der Waals surface area contributed by atoms with Crippen molar-refractivity contribution in [2.75, 3.05) is 0 Å². The summed E-state index contributed by atoms with van der Waals surface area (Å²) < 4.78 is 7.27. The van der Waals surface area contributed by atoms with E-state index in [-0.39, 0.29) is 0 Å². The molecule has 60 heavy (non-hydrogen) atoms. The van der Waals surface area contributed by atoms with Crippen molar-refractivity contribution < 1.29 is 0 Å². The summed E-state index contributed by atoms with van der Waals surface area (Å²) in [7, 11) is 0. The van der Waals surface area contributed by atoms with Crippen LogP contribution in [0.2, 0.25) is 0 Å². The number of thiophene rings is 1. The third kappa shape index (κ3) is 4.98. The van der Waals surface area contributed by atoms with Crippen molar-refractivity contribution in [1.82, 2.24) is 19.1 Å². The van der Waals surface area contributed by atoms with Crippen molar-refractivity contribution in [2.45, 2.75) is 9.79 Å². The van der Waals surface area contributed by atoms with Crippen LogP contribution in [0.15, 0.2) is 204 Å². The maximum absolute atomic E-state index is 5.35. The van der Waals surface area contributed by atoms with Crippen LogP contribution in [0.25, 0.3) is 109 Å². The third-order valence-corrected chi connectivity index (χ3v) is 14.3. The fourth-order valence-electron chi connectivity index (χ4n) is 9.26. The van der Waals surface area contributed by atoms with Gasteiger partial charge < -0.3 is 0 Å². The summed E-state index contributed by atoms with van der Waals surface area (Å²) in [6.07, 6.45) is 0. The molecule has 4 nitrogen and oxygen atoms in total. The summed E-state index contributed by atoms with van der Waals surface area (Å²) in [6.45, 7) is 0. The van der Waals surface area contributed by atoms with Crippen LogP contribution in [0.4, 0.5) is 0 Å². The van der Waals surface area contributed by atoms with E-state index in [1.165, 1.54) is 69.7 Å². The van der Waals surface area contributed by atoms with E-state index in [0.717, 1.165) is 49.5 Å². The van der Waals surface area contributed by atoms with Crippen LogP contribution in [0.3, 0.4) is 0 Å². The summed E-state index contributed by atoms with van der Waals surface area (Å²) in [5.41, 5.74) is 14.8. The summed E-state index contributed by atoms with van der Waals surface area (Å²) in [6, 6.07) is 69.8. The predicted molar refractivity (Wildman–Crippen MR) is 252 cm³/mol. The number of hydrogen-bond donors (Lipinski definition) is 0. The minimum atomic E-state index is 0.724. The summed E-state index contributed by atoms with van der Waals surface area (Å²) in [5, 5.41) is 4.99. The highest BCUT2D eigenvalue weighted by molar-refractivity contribution is 8.00. The van der Waals surface area contributed by atoms with Crippen LogP contribution in [0.5, 0.6) is 0 Å². The van der Waals surface area contributed by atoms with E-state index in [1.807, 2.05) is 11.8 Å². The van der Waals surface area contributed by atoms with Crippen LogP contribution in [-0.2, 0) is 0 Å². The van der Waals surface area contributed by atoms with Gasteiger partial charge in [0.2, 0.25) is 0 Å². The van der Waals surface area contributed by atoms with Gasteiger partial charge in [-0.1, -0.05) is 163 Å². The average Bonchev–Trinajstić information content (AvgIpc) is 3.98. The average molecular weight is 801 g/mol. The zero-order chi connectivity index (χ0) is 39.3. The molecule has 5 heterocycles. The standard InChI is InChI=1S/C54H32N4S2/c1-3-14-33(15-4-1)36-16-11-17-37(32-36)48-52-49(41-21-8-10-26-45(41)59-52)56-53(55-48)35-30-28-34(29-31-35)39-22-12-25-44-51(39)60-46-27-13-23-42-47-40-20-7-9-24-43(40)57(38-18-5-2-6-19-38)54(47)58(44)50(42)46/h1-32H. The van der Waals surface area contributed by atoms with Gasteiger partial charge in [-0.05, 0) is 64.7 Å².